The lowest BCUT2D eigenvalue weighted by Crippen LogP contribution is -2.30. The van der Waals surface area contributed by atoms with Gasteiger partial charge >= 0.3 is 0 Å². The van der Waals surface area contributed by atoms with Gasteiger partial charge in [0.15, 0.2) is 0 Å². The molecule has 1 aliphatic rings. The van der Waals surface area contributed by atoms with Crippen LogP contribution >= 0.6 is 12.4 Å². The molecule has 9 heteroatoms. The van der Waals surface area contributed by atoms with Crippen LogP contribution in [0, 0.1) is 10.1 Å². The van der Waals surface area contributed by atoms with Gasteiger partial charge in [0.2, 0.25) is 10.0 Å². The summed E-state index contributed by atoms with van der Waals surface area (Å²) in [7, 11) is -3.59. The van der Waals surface area contributed by atoms with E-state index in [-0.39, 0.29) is 23.0 Å². The van der Waals surface area contributed by atoms with Crippen LogP contribution in [0.4, 0.5) is 5.69 Å². The van der Waals surface area contributed by atoms with Gasteiger partial charge in [-0.1, -0.05) is 0 Å². The maximum absolute atomic E-state index is 12.0. The van der Waals surface area contributed by atoms with Crippen molar-refractivity contribution in [3.05, 3.63) is 34.4 Å². The summed E-state index contributed by atoms with van der Waals surface area (Å²) < 4.78 is 26.5. The predicted octanol–water partition coefficient (Wildman–Crippen LogP) is 1.44. The van der Waals surface area contributed by atoms with Crippen molar-refractivity contribution in [3.8, 4) is 0 Å². The standard InChI is InChI=1S/C12H17N3O4S.ClH/c16-15(17)11-3-5-12(6-4-11)20(18,19)14-9-7-10-2-1-8-13-10;/h3-6,10,13-14H,1-2,7-9H2;1H/t10-;/m1./s1. The molecule has 1 aromatic carbocycles. The minimum atomic E-state index is -3.59. The van der Waals surface area contributed by atoms with Crippen LogP contribution in [-0.4, -0.2) is 32.5 Å². The van der Waals surface area contributed by atoms with Crippen LogP contribution in [0.1, 0.15) is 19.3 Å². The lowest BCUT2D eigenvalue weighted by Gasteiger charge is -2.11. The van der Waals surface area contributed by atoms with Crippen molar-refractivity contribution in [2.45, 2.75) is 30.2 Å². The minimum absolute atomic E-state index is 0. The van der Waals surface area contributed by atoms with Crippen molar-refractivity contribution in [2.24, 2.45) is 0 Å². The molecule has 0 bridgehead atoms. The third-order valence-electron chi connectivity index (χ3n) is 3.31. The monoisotopic (exact) mass is 335 g/mol. The second-order valence-corrected chi connectivity index (χ2v) is 6.50. The van der Waals surface area contributed by atoms with Gasteiger partial charge in [0.05, 0.1) is 9.82 Å². The van der Waals surface area contributed by atoms with E-state index in [9.17, 15) is 18.5 Å². The summed E-state index contributed by atoms with van der Waals surface area (Å²) in [6, 6.07) is 5.23. The summed E-state index contributed by atoms with van der Waals surface area (Å²) in [5.74, 6) is 0. The molecule has 0 aliphatic carbocycles. The lowest BCUT2D eigenvalue weighted by molar-refractivity contribution is -0.384. The zero-order valence-corrected chi connectivity index (χ0v) is 13.0. The van der Waals surface area contributed by atoms with Gasteiger partial charge in [-0.15, -0.1) is 12.4 Å². The van der Waals surface area contributed by atoms with Crippen LogP contribution in [0.2, 0.25) is 0 Å². The van der Waals surface area contributed by atoms with Gasteiger partial charge in [-0.25, -0.2) is 13.1 Å². The molecule has 0 spiro atoms. The fourth-order valence-corrected chi connectivity index (χ4v) is 3.25. The molecule has 7 nitrogen and oxygen atoms in total. The first-order valence-electron chi connectivity index (χ1n) is 6.46. The van der Waals surface area contributed by atoms with Crippen molar-refractivity contribution < 1.29 is 13.3 Å². The van der Waals surface area contributed by atoms with Crippen molar-refractivity contribution in [3.63, 3.8) is 0 Å². The first kappa shape index (κ1) is 17.8. The second-order valence-electron chi connectivity index (χ2n) is 4.73. The fraction of sp³-hybridized carbons (Fsp3) is 0.500. The summed E-state index contributed by atoms with van der Waals surface area (Å²) in [4.78, 5) is 10.00. The SMILES string of the molecule is Cl.O=[N+]([O-])c1ccc(S(=O)(=O)NCC[C@H]2CCCN2)cc1. The molecule has 0 amide bonds. The maximum Gasteiger partial charge on any atom is 0.269 e. The first-order valence-corrected chi connectivity index (χ1v) is 7.95. The molecule has 1 aliphatic heterocycles. The number of rotatable bonds is 6. The van der Waals surface area contributed by atoms with Gasteiger partial charge in [-0.2, -0.15) is 0 Å². The Hall–Kier alpha value is -1.22. The molecule has 0 unspecified atom stereocenters. The number of non-ortho nitro benzene ring substituents is 1. The Labute approximate surface area is 129 Å². The van der Waals surface area contributed by atoms with E-state index < -0.39 is 14.9 Å². The number of halogens is 1. The molecule has 21 heavy (non-hydrogen) atoms. The molecule has 2 N–H and O–H groups in total. The Bertz CT molecular complexity index is 571. The Morgan fingerprint density at radius 2 is 2.00 bits per heavy atom. The molecular weight excluding hydrogens is 318 g/mol. The van der Waals surface area contributed by atoms with Crippen LogP contribution < -0.4 is 10.0 Å². The quantitative estimate of drug-likeness (QED) is 0.605. The number of nitro groups is 1. The Morgan fingerprint density at radius 3 is 2.52 bits per heavy atom. The number of sulfonamides is 1. The molecule has 0 radical (unpaired) electrons. The van der Waals surface area contributed by atoms with Gasteiger partial charge in [-0.05, 0) is 37.9 Å². The summed E-state index contributed by atoms with van der Waals surface area (Å²) in [5.41, 5.74) is -0.126. The Balaban J connectivity index is 0.00000220. The van der Waals surface area contributed by atoms with E-state index in [4.69, 9.17) is 0 Å². The van der Waals surface area contributed by atoms with E-state index in [0.717, 1.165) is 25.8 Å². The van der Waals surface area contributed by atoms with Crippen LogP contribution in [-0.2, 0) is 10.0 Å². The predicted molar refractivity (Wildman–Crippen MR) is 81.2 cm³/mol. The van der Waals surface area contributed by atoms with E-state index in [1.54, 1.807) is 0 Å². The summed E-state index contributed by atoms with van der Waals surface area (Å²) >= 11 is 0. The average molecular weight is 336 g/mol. The van der Waals surface area contributed by atoms with E-state index >= 15 is 0 Å². The van der Waals surface area contributed by atoms with Crippen LogP contribution in [0.3, 0.4) is 0 Å². The summed E-state index contributed by atoms with van der Waals surface area (Å²) in [6.07, 6.45) is 2.94. The van der Waals surface area contributed by atoms with Crippen molar-refractivity contribution in [1.29, 1.82) is 0 Å². The third kappa shape index (κ3) is 4.92. The normalized spacial score (nSPS) is 18.2. The highest BCUT2D eigenvalue weighted by Crippen LogP contribution is 2.16. The van der Waals surface area contributed by atoms with Crippen molar-refractivity contribution >= 4 is 28.1 Å². The highest BCUT2D eigenvalue weighted by atomic mass is 35.5. The van der Waals surface area contributed by atoms with Crippen LogP contribution in [0.25, 0.3) is 0 Å². The molecule has 1 heterocycles. The molecule has 2 rings (SSSR count). The molecule has 0 aromatic heterocycles. The molecule has 1 aromatic rings. The van der Waals surface area contributed by atoms with Gasteiger partial charge in [0.25, 0.3) is 5.69 Å². The van der Waals surface area contributed by atoms with Crippen molar-refractivity contribution in [2.75, 3.05) is 13.1 Å². The topological polar surface area (TPSA) is 101 Å². The van der Waals surface area contributed by atoms with Crippen LogP contribution in [0.15, 0.2) is 29.2 Å². The summed E-state index contributed by atoms with van der Waals surface area (Å²) in [5, 5.41) is 13.8. The number of nitrogens with one attached hydrogen (secondary N) is 2. The molecular formula is C12H18ClN3O4S. The number of hydrogen-bond donors (Lipinski definition) is 2. The largest absolute Gasteiger partial charge is 0.314 e. The zero-order chi connectivity index (χ0) is 14.6. The lowest BCUT2D eigenvalue weighted by atomic mass is 10.2. The highest BCUT2D eigenvalue weighted by molar-refractivity contribution is 7.89. The number of nitrogens with zero attached hydrogens (tertiary/aromatic N) is 1. The number of nitro benzene ring substituents is 1. The van der Waals surface area contributed by atoms with Gasteiger partial charge in [-0.3, -0.25) is 10.1 Å². The van der Waals surface area contributed by atoms with Gasteiger partial charge in [0.1, 0.15) is 0 Å². The third-order valence-corrected chi connectivity index (χ3v) is 4.78. The number of hydrogen-bond acceptors (Lipinski definition) is 5. The molecule has 1 fully saturated rings. The van der Waals surface area contributed by atoms with Gasteiger partial charge < -0.3 is 5.32 Å². The molecule has 1 atom stereocenters. The van der Waals surface area contributed by atoms with E-state index in [0.29, 0.717) is 12.6 Å². The molecule has 118 valence electrons. The Morgan fingerprint density at radius 1 is 1.33 bits per heavy atom. The van der Waals surface area contributed by atoms with E-state index in [1.807, 2.05) is 0 Å². The van der Waals surface area contributed by atoms with E-state index in [2.05, 4.69) is 10.0 Å². The van der Waals surface area contributed by atoms with Gasteiger partial charge in [0, 0.05) is 24.7 Å². The average Bonchev–Trinajstić information content (AvgIpc) is 2.92. The molecule has 0 saturated carbocycles. The first-order chi connectivity index (χ1) is 9.49. The second kappa shape index (κ2) is 7.69. The van der Waals surface area contributed by atoms with Crippen LogP contribution in [0.5, 0.6) is 0 Å². The fourth-order valence-electron chi connectivity index (χ4n) is 2.20. The summed E-state index contributed by atoms with van der Waals surface area (Å²) in [6.45, 7) is 1.34. The number of benzene rings is 1. The molecule has 1 saturated heterocycles. The Kier molecular flexibility index (Phi) is 6.53. The zero-order valence-electron chi connectivity index (χ0n) is 11.3. The van der Waals surface area contributed by atoms with Crippen molar-refractivity contribution in [1.82, 2.24) is 10.0 Å². The minimum Gasteiger partial charge on any atom is -0.314 e. The highest BCUT2D eigenvalue weighted by Gasteiger charge is 2.18. The van der Waals surface area contributed by atoms with E-state index in [1.165, 1.54) is 24.3 Å². The smallest absolute Gasteiger partial charge is 0.269 e. The maximum atomic E-state index is 12.0.